The van der Waals surface area contributed by atoms with Gasteiger partial charge in [0.1, 0.15) is 5.75 Å². The van der Waals surface area contributed by atoms with Crippen LogP contribution in [0.3, 0.4) is 0 Å². The molecular formula is C16H16O3. The molecule has 2 rings (SSSR count). The van der Waals surface area contributed by atoms with Gasteiger partial charge in [-0.05, 0) is 36.2 Å². The number of hydrogen-bond donors (Lipinski definition) is 1. The topological polar surface area (TPSA) is 46.5 Å². The molecule has 0 aliphatic heterocycles. The maximum absolute atomic E-state index is 11.9. The van der Waals surface area contributed by atoms with Crippen LogP contribution >= 0.6 is 0 Å². The van der Waals surface area contributed by atoms with Gasteiger partial charge in [0, 0.05) is 6.42 Å². The van der Waals surface area contributed by atoms with Gasteiger partial charge in [-0.2, -0.15) is 0 Å². The van der Waals surface area contributed by atoms with E-state index in [1.54, 1.807) is 19.1 Å². The molecular weight excluding hydrogens is 240 g/mol. The predicted octanol–water partition coefficient (Wildman–Crippen LogP) is 3.10. The van der Waals surface area contributed by atoms with Gasteiger partial charge in [-0.3, -0.25) is 0 Å². The highest BCUT2D eigenvalue weighted by Crippen LogP contribution is 2.16. The molecule has 0 atom stereocenters. The second-order valence-electron chi connectivity index (χ2n) is 4.37. The summed E-state index contributed by atoms with van der Waals surface area (Å²) in [5.74, 6) is -0.202. The first-order valence-electron chi connectivity index (χ1n) is 6.17. The van der Waals surface area contributed by atoms with E-state index >= 15 is 0 Å². The lowest BCUT2D eigenvalue weighted by molar-refractivity contribution is 0.0508. The first-order valence-corrected chi connectivity index (χ1v) is 6.17. The molecule has 0 saturated heterocycles. The molecule has 3 heteroatoms. The molecule has 0 fully saturated rings. The van der Waals surface area contributed by atoms with Gasteiger partial charge in [0.25, 0.3) is 0 Å². The number of rotatable bonds is 4. The van der Waals surface area contributed by atoms with Crippen molar-refractivity contribution in [2.24, 2.45) is 0 Å². The Morgan fingerprint density at radius 3 is 2.58 bits per heavy atom. The SMILES string of the molecule is Cc1cc(O)ccc1C(=O)OCCc1ccccc1. The summed E-state index contributed by atoms with van der Waals surface area (Å²) in [6.45, 7) is 2.12. The maximum Gasteiger partial charge on any atom is 0.338 e. The van der Waals surface area contributed by atoms with Crippen LogP contribution in [0.5, 0.6) is 5.75 Å². The predicted molar refractivity (Wildman–Crippen MR) is 73.3 cm³/mol. The molecule has 19 heavy (non-hydrogen) atoms. The number of ether oxygens (including phenoxy) is 1. The first kappa shape index (κ1) is 13.1. The molecule has 98 valence electrons. The van der Waals surface area contributed by atoms with E-state index in [1.807, 2.05) is 30.3 Å². The van der Waals surface area contributed by atoms with Crippen molar-refractivity contribution in [2.75, 3.05) is 6.61 Å². The van der Waals surface area contributed by atoms with Crippen LogP contribution in [0.2, 0.25) is 0 Å². The second-order valence-corrected chi connectivity index (χ2v) is 4.37. The Morgan fingerprint density at radius 1 is 1.16 bits per heavy atom. The van der Waals surface area contributed by atoms with Gasteiger partial charge in [-0.15, -0.1) is 0 Å². The highest BCUT2D eigenvalue weighted by Gasteiger charge is 2.10. The maximum atomic E-state index is 11.9. The molecule has 0 aliphatic carbocycles. The molecule has 0 aliphatic rings. The van der Waals surface area contributed by atoms with Crippen molar-refractivity contribution < 1.29 is 14.6 Å². The Kier molecular flexibility index (Phi) is 4.18. The molecule has 0 aromatic heterocycles. The third kappa shape index (κ3) is 3.58. The number of aromatic hydroxyl groups is 1. The number of hydrogen-bond acceptors (Lipinski definition) is 3. The summed E-state index contributed by atoms with van der Waals surface area (Å²) in [5.41, 5.74) is 2.34. The zero-order valence-electron chi connectivity index (χ0n) is 10.8. The van der Waals surface area contributed by atoms with E-state index in [4.69, 9.17) is 4.74 Å². The molecule has 3 nitrogen and oxygen atoms in total. The van der Waals surface area contributed by atoms with Crippen LogP contribution in [-0.4, -0.2) is 17.7 Å². The average molecular weight is 256 g/mol. The number of aryl methyl sites for hydroxylation is 1. The average Bonchev–Trinajstić information content (AvgIpc) is 2.39. The van der Waals surface area contributed by atoms with Crippen LogP contribution in [-0.2, 0) is 11.2 Å². The summed E-state index contributed by atoms with van der Waals surface area (Å²) in [5, 5.41) is 9.29. The highest BCUT2D eigenvalue weighted by atomic mass is 16.5. The number of carbonyl (C=O) groups is 1. The molecule has 0 saturated carbocycles. The van der Waals surface area contributed by atoms with Crippen LogP contribution in [0.1, 0.15) is 21.5 Å². The molecule has 0 unspecified atom stereocenters. The molecule has 0 amide bonds. The molecule has 0 heterocycles. The smallest absolute Gasteiger partial charge is 0.338 e. The Morgan fingerprint density at radius 2 is 1.89 bits per heavy atom. The van der Waals surface area contributed by atoms with E-state index in [2.05, 4.69) is 0 Å². The van der Waals surface area contributed by atoms with Crippen molar-refractivity contribution in [2.45, 2.75) is 13.3 Å². The molecule has 0 radical (unpaired) electrons. The minimum absolute atomic E-state index is 0.151. The minimum atomic E-state index is -0.353. The Labute approximate surface area is 112 Å². The number of phenols is 1. The van der Waals surface area contributed by atoms with E-state index in [-0.39, 0.29) is 11.7 Å². The Bertz CT molecular complexity index is 561. The second kappa shape index (κ2) is 6.05. The van der Waals surface area contributed by atoms with Gasteiger partial charge < -0.3 is 9.84 Å². The van der Waals surface area contributed by atoms with Gasteiger partial charge in [-0.1, -0.05) is 30.3 Å². The van der Waals surface area contributed by atoms with Crippen LogP contribution in [0, 0.1) is 6.92 Å². The van der Waals surface area contributed by atoms with Gasteiger partial charge in [0.2, 0.25) is 0 Å². The summed E-state index contributed by atoms with van der Waals surface area (Å²) in [6.07, 6.45) is 0.698. The Hall–Kier alpha value is -2.29. The summed E-state index contributed by atoms with van der Waals surface area (Å²) in [4.78, 5) is 11.9. The van der Waals surface area contributed by atoms with Gasteiger partial charge >= 0.3 is 5.97 Å². The largest absolute Gasteiger partial charge is 0.508 e. The molecule has 2 aromatic carbocycles. The fourth-order valence-corrected chi connectivity index (χ4v) is 1.86. The van der Waals surface area contributed by atoms with E-state index < -0.39 is 0 Å². The number of carbonyl (C=O) groups excluding carboxylic acids is 1. The lowest BCUT2D eigenvalue weighted by Crippen LogP contribution is -2.09. The third-order valence-corrected chi connectivity index (χ3v) is 2.90. The fourth-order valence-electron chi connectivity index (χ4n) is 1.86. The van der Waals surface area contributed by atoms with Gasteiger partial charge in [0.05, 0.1) is 12.2 Å². The zero-order valence-corrected chi connectivity index (χ0v) is 10.8. The number of esters is 1. The van der Waals surface area contributed by atoms with Gasteiger partial charge in [-0.25, -0.2) is 4.79 Å². The summed E-state index contributed by atoms with van der Waals surface area (Å²) < 4.78 is 5.23. The van der Waals surface area contributed by atoms with E-state index in [0.29, 0.717) is 24.2 Å². The van der Waals surface area contributed by atoms with E-state index in [9.17, 15) is 9.90 Å². The summed E-state index contributed by atoms with van der Waals surface area (Å²) in [7, 11) is 0. The number of benzene rings is 2. The zero-order chi connectivity index (χ0) is 13.7. The first-order chi connectivity index (χ1) is 9.16. The van der Waals surface area contributed by atoms with Crippen molar-refractivity contribution >= 4 is 5.97 Å². The summed E-state index contributed by atoms with van der Waals surface area (Å²) >= 11 is 0. The van der Waals surface area contributed by atoms with Crippen molar-refractivity contribution in [3.63, 3.8) is 0 Å². The molecule has 2 aromatic rings. The lowest BCUT2D eigenvalue weighted by atomic mass is 10.1. The molecule has 0 bridgehead atoms. The van der Waals surface area contributed by atoms with Crippen LogP contribution in [0.4, 0.5) is 0 Å². The van der Waals surface area contributed by atoms with Crippen molar-refractivity contribution in [3.05, 3.63) is 65.2 Å². The van der Waals surface area contributed by atoms with Crippen LogP contribution in [0.25, 0.3) is 0 Å². The standard InChI is InChI=1S/C16H16O3/c1-12-11-14(17)7-8-15(12)16(18)19-10-9-13-5-3-2-4-6-13/h2-8,11,17H,9-10H2,1H3. The highest BCUT2D eigenvalue weighted by molar-refractivity contribution is 5.91. The molecule has 1 N–H and O–H groups in total. The third-order valence-electron chi connectivity index (χ3n) is 2.90. The van der Waals surface area contributed by atoms with Crippen molar-refractivity contribution in [3.8, 4) is 5.75 Å². The van der Waals surface area contributed by atoms with E-state index in [1.165, 1.54) is 6.07 Å². The molecule has 0 spiro atoms. The quantitative estimate of drug-likeness (QED) is 0.855. The monoisotopic (exact) mass is 256 g/mol. The Balaban J connectivity index is 1.91. The minimum Gasteiger partial charge on any atom is -0.508 e. The summed E-state index contributed by atoms with van der Waals surface area (Å²) in [6, 6.07) is 14.5. The van der Waals surface area contributed by atoms with Crippen LogP contribution < -0.4 is 0 Å². The fraction of sp³-hybridized carbons (Fsp3) is 0.188. The van der Waals surface area contributed by atoms with Gasteiger partial charge in [0.15, 0.2) is 0 Å². The van der Waals surface area contributed by atoms with Crippen molar-refractivity contribution in [1.29, 1.82) is 0 Å². The van der Waals surface area contributed by atoms with Crippen molar-refractivity contribution in [1.82, 2.24) is 0 Å². The lowest BCUT2D eigenvalue weighted by Gasteiger charge is -2.07. The van der Waals surface area contributed by atoms with Crippen LogP contribution in [0.15, 0.2) is 48.5 Å². The number of phenolic OH excluding ortho intramolecular Hbond substituents is 1. The van der Waals surface area contributed by atoms with E-state index in [0.717, 1.165) is 5.56 Å². The normalized spacial score (nSPS) is 10.2.